The minimum Gasteiger partial charge on any atom is -0.507 e. The molecule has 1 aromatic carbocycles. The van der Waals surface area contributed by atoms with Crippen LogP contribution in [0.25, 0.3) is 6.08 Å². The maximum Gasteiger partial charge on any atom is 0.263 e. The van der Waals surface area contributed by atoms with Crippen LogP contribution < -0.4 is 5.32 Å². The summed E-state index contributed by atoms with van der Waals surface area (Å²) in [6, 6.07) is 4.63. The highest BCUT2D eigenvalue weighted by molar-refractivity contribution is 8.26. The van der Waals surface area contributed by atoms with Gasteiger partial charge in [0.25, 0.3) is 5.91 Å². The van der Waals surface area contributed by atoms with Gasteiger partial charge in [0.05, 0.1) is 4.91 Å². The van der Waals surface area contributed by atoms with E-state index in [-0.39, 0.29) is 11.7 Å². The number of carbonyl (C=O) groups is 1. The van der Waals surface area contributed by atoms with E-state index >= 15 is 0 Å². The predicted molar refractivity (Wildman–Crippen MR) is 69.4 cm³/mol. The molecule has 0 spiro atoms. The summed E-state index contributed by atoms with van der Waals surface area (Å²) in [5, 5.41) is 12.6. The molecule has 0 radical (unpaired) electrons. The Kier molecular flexibility index (Phi) is 3.18. The Balaban J connectivity index is 2.39. The Morgan fingerprint density at radius 3 is 2.88 bits per heavy atom. The van der Waals surface area contributed by atoms with Crippen LogP contribution >= 0.6 is 35.6 Å². The molecule has 0 saturated carbocycles. The summed E-state index contributed by atoms with van der Waals surface area (Å²) in [6.45, 7) is 0. The zero-order valence-corrected chi connectivity index (χ0v) is 10.2. The number of nitrogens with one attached hydrogen (secondary N) is 1. The summed E-state index contributed by atoms with van der Waals surface area (Å²) < 4.78 is 0.415. The van der Waals surface area contributed by atoms with Crippen LogP contribution in [0.2, 0.25) is 5.02 Å². The fraction of sp³-hybridized carbons (Fsp3) is 0. The zero-order valence-electron chi connectivity index (χ0n) is 7.86. The van der Waals surface area contributed by atoms with Gasteiger partial charge in [0.2, 0.25) is 0 Å². The van der Waals surface area contributed by atoms with E-state index in [0.29, 0.717) is 19.8 Å². The first-order valence-electron chi connectivity index (χ1n) is 4.29. The second-order valence-electron chi connectivity index (χ2n) is 3.06. The Bertz CT molecular complexity index is 514. The Hall–Kier alpha value is -1.04. The van der Waals surface area contributed by atoms with E-state index in [1.54, 1.807) is 18.2 Å². The van der Waals surface area contributed by atoms with Gasteiger partial charge in [-0.1, -0.05) is 35.6 Å². The molecule has 3 nitrogen and oxygen atoms in total. The van der Waals surface area contributed by atoms with E-state index in [0.717, 1.165) is 11.8 Å². The molecular formula is C10H6ClNO2S2. The minimum atomic E-state index is -0.255. The number of thiocarbonyl (C=S) groups is 1. The number of thioether (sulfide) groups is 1. The second kappa shape index (κ2) is 4.45. The molecule has 1 aliphatic heterocycles. The lowest BCUT2D eigenvalue weighted by atomic mass is 10.2. The fourth-order valence-electron chi connectivity index (χ4n) is 1.20. The minimum absolute atomic E-state index is 0.0723. The van der Waals surface area contributed by atoms with Gasteiger partial charge in [-0.15, -0.1) is 0 Å². The van der Waals surface area contributed by atoms with Crippen LogP contribution in [0.3, 0.4) is 0 Å². The highest BCUT2D eigenvalue weighted by atomic mass is 35.5. The average molecular weight is 272 g/mol. The van der Waals surface area contributed by atoms with Gasteiger partial charge >= 0.3 is 0 Å². The highest BCUT2D eigenvalue weighted by Gasteiger charge is 2.22. The van der Waals surface area contributed by atoms with Gasteiger partial charge in [0, 0.05) is 10.6 Å². The van der Waals surface area contributed by atoms with Gasteiger partial charge < -0.3 is 10.4 Å². The topological polar surface area (TPSA) is 49.3 Å². The van der Waals surface area contributed by atoms with Crippen molar-refractivity contribution in [2.45, 2.75) is 0 Å². The number of hydrogen-bond donors (Lipinski definition) is 2. The first-order chi connectivity index (χ1) is 7.56. The Morgan fingerprint density at radius 2 is 2.25 bits per heavy atom. The molecule has 0 aliphatic carbocycles. The number of rotatable bonds is 1. The van der Waals surface area contributed by atoms with Gasteiger partial charge in [0.15, 0.2) is 0 Å². The van der Waals surface area contributed by atoms with E-state index in [9.17, 15) is 9.90 Å². The number of benzene rings is 1. The molecule has 16 heavy (non-hydrogen) atoms. The number of phenols is 1. The van der Waals surface area contributed by atoms with Crippen molar-refractivity contribution >= 4 is 51.9 Å². The van der Waals surface area contributed by atoms with Gasteiger partial charge in [-0.2, -0.15) is 0 Å². The smallest absolute Gasteiger partial charge is 0.263 e. The SMILES string of the molecule is O=C1NC(=S)SC1=Cc1cc(Cl)ccc1O. The second-order valence-corrected chi connectivity index (χ2v) is 5.21. The van der Waals surface area contributed by atoms with Crippen molar-refractivity contribution in [3.05, 3.63) is 33.7 Å². The lowest BCUT2D eigenvalue weighted by Gasteiger charge is -2.00. The first kappa shape index (κ1) is 11.4. The van der Waals surface area contributed by atoms with Crippen LogP contribution in [-0.4, -0.2) is 15.3 Å². The number of halogens is 1. The lowest BCUT2D eigenvalue weighted by molar-refractivity contribution is -0.115. The molecule has 82 valence electrons. The van der Waals surface area contributed by atoms with Crippen molar-refractivity contribution in [1.82, 2.24) is 5.32 Å². The monoisotopic (exact) mass is 271 g/mol. The van der Waals surface area contributed by atoms with Crippen LogP contribution in [-0.2, 0) is 4.79 Å². The average Bonchev–Trinajstić information content (AvgIpc) is 2.51. The Labute approximate surface area is 106 Å². The van der Waals surface area contributed by atoms with E-state index in [4.69, 9.17) is 23.8 Å². The summed E-state index contributed by atoms with van der Waals surface area (Å²) in [4.78, 5) is 11.8. The highest BCUT2D eigenvalue weighted by Crippen LogP contribution is 2.30. The third kappa shape index (κ3) is 2.37. The fourth-order valence-corrected chi connectivity index (χ4v) is 2.42. The molecule has 1 aliphatic rings. The molecule has 0 bridgehead atoms. The molecular weight excluding hydrogens is 266 g/mol. The number of phenolic OH excluding ortho intramolecular Hbond substituents is 1. The van der Waals surface area contributed by atoms with Crippen LogP contribution in [0.1, 0.15) is 5.56 Å². The number of hydrogen-bond acceptors (Lipinski definition) is 4. The molecule has 2 rings (SSSR count). The van der Waals surface area contributed by atoms with E-state index in [2.05, 4.69) is 5.32 Å². The van der Waals surface area contributed by atoms with Gasteiger partial charge in [0.1, 0.15) is 10.1 Å². The number of carbonyl (C=O) groups excluding carboxylic acids is 1. The van der Waals surface area contributed by atoms with Crippen molar-refractivity contribution in [2.24, 2.45) is 0 Å². The zero-order chi connectivity index (χ0) is 11.7. The summed E-state index contributed by atoms with van der Waals surface area (Å²) in [6.07, 6.45) is 1.56. The van der Waals surface area contributed by atoms with Gasteiger partial charge in [-0.3, -0.25) is 4.79 Å². The molecule has 1 aromatic rings. The molecule has 6 heteroatoms. The molecule has 2 N–H and O–H groups in total. The van der Waals surface area contributed by atoms with Crippen molar-refractivity contribution < 1.29 is 9.90 Å². The van der Waals surface area contributed by atoms with Crippen LogP contribution in [0, 0.1) is 0 Å². The third-order valence-corrected chi connectivity index (χ3v) is 3.32. The molecule has 1 fully saturated rings. The van der Waals surface area contributed by atoms with E-state index < -0.39 is 0 Å². The number of amides is 1. The summed E-state index contributed by atoms with van der Waals surface area (Å²) in [5.74, 6) is -0.183. The molecule has 0 aromatic heterocycles. The Morgan fingerprint density at radius 1 is 1.50 bits per heavy atom. The summed E-state index contributed by atoms with van der Waals surface area (Å²) in [7, 11) is 0. The maximum absolute atomic E-state index is 11.4. The quantitative estimate of drug-likeness (QED) is 0.609. The van der Waals surface area contributed by atoms with Gasteiger partial charge in [-0.25, -0.2) is 0 Å². The largest absolute Gasteiger partial charge is 0.507 e. The van der Waals surface area contributed by atoms with E-state index in [1.165, 1.54) is 6.07 Å². The van der Waals surface area contributed by atoms with Crippen LogP contribution in [0.4, 0.5) is 0 Å². The molecule has 0 unspecified atom stereocenters. The van der Waals surface area contributed by atoms with Crippen LogP contribution in [0.15, 0.2) is 23.1 Å². The molecule has 1 saturated heterocycles. The van der Waals surface area contributed by atoms with E-state index in [1.807, 2.05) is 0 Å². The van der Waals surface area contributed by atoms with Crippen molar-refractivity contribution in [3.8, 4) is 5.75 Å². The third-order valence-electron chi connectivity index (χ3n) is 1.92. The standard InChI is InChI=1S/C10H6ClNO2S2/c11-6-1-2-7(13)5(3-6)4-8-9(14)12-10(15)16-8/h1-4,13H,(H,12,14,15). The van der Waals surface area contributed by atoms with Crippen LogP contribution in [0.5, 0.6) is 5.75 Å². The summed E-state index contributed by atoms with van der Waals surface area (Å²) in [5.41, 5.74) is 0.495. The normalized spacial score (nSPS) is 17.9. The molecule has 0 atom stereocenters. The molecule has 1 amide bonds. The van der Waals surface area contributed by atoms with Crippen molar-refractivity contribution in [3.63, 3.8) is 0 Å². The summed E-state index contributed by atoms with van der Waals surface area (Å²) >= 11 is 11.8. The van der Waals surface area contributed by atoms with Gasteiger partial charge in [-0.05, 0) is 24.3 Å². The lowest BCUT2D eigenvalue weighted by Crippen LogP contribution is -2.17. The van der Waals surface area contributed by atoms with Crippen molar-refractivity contribution in [1.29, 1.82) is 0 Å². The van der Waals surface area contributed by atoms with Crippen molar-refractivity contribution in [2.75, 3.05) is 0 Å². The molecule has 1 heterocycles. The number of aromatic hydroxyl groups is 1. The first-order valence-corrected chi connectivity index (χ1v) is 5.90. The maximum atomic E-state index is 11.4. The predicted octanol–water partition coefficient (Wildman–Crippen LogP) is 2.53.